The predicted octanol–water partition coefficient (Wildman–Crippen LogP) is 3.63. The van der Waals surface area contributed by atoms with Crippen LogP contribution in [0.5, 0.6) is 5.75 Å². The molecule has 3 rings (SSSR count). The van der Waals surface area contributed by atoms with Gasteiger partial charge in [-0.05, 0) is 104 Å². The summed E-state index contributed by atoms with van der Waals surface area (Å²) in [5.74, 6) is -3.99. The molecule has 0 spiro atoms. The number of hydroxylamine groups is 2. The molecule has 284 valence electrons. The molecule has 2 heterocycles. The minimum atomic E-state index is -1.13. The molecule has 51 heavy (non-hydrogen) atoms. The maximum Gasteiger partial charge on any atom is 0.334 e. The van der Waals surface area contributed by atoms with E-state index in [9.17, 15) is 28.8 Å². The van der Waals surface area contributed by atoms with E-state index < -0.39 is 59.7 Å². The van der Waals surface area contributed by atoms with Crippen LogP contribution in [0.3, 0.4) is 0 Å². The van der Waals surface area contributed by atoms with Gasteiger partial charge in [-0.1, -0.05) is 26.0 Å². The van der Waals surface area contributed by atoms with Crippen molar-refractivity contribution in [1.82, 2.24) is 25.9 Å². The zero-order valence-electron chi connectivity index (χ0n) is 31.5. The number of nitrogens with zero attached hydrogens (tertiary/aromatic N) is 2. The first-order chi connectivity index (χ1) is 23.7. The van der Waals surface area contributed by atoms with E-state index in [0.717, 1.165) is 24.8 Å². The van der Waals surface area contributed by atoms with Crippen molar-refractivity contribution in [2.75, 3.05) is 6.54 Å². The molecule has 1 aromatic rings. The number of likely N-dealkylation sites (tertiary alicyclic amines) is 1. The SMILES string of the molecule is CC(ON1C(C)(C)CCCC1(C)C)c1ccc(OC(=O)[C@@H](NC(=O)[C@@H]2CCCN2C(=O)[C@H](C)NC(=O)[C@H](C)NC(=O)CCC(=O)O)C(C)C)cc1. The summed E-state index contributed by atoms with van der Waals surface area (Å²) in [6.45, 7) is 17.5. The highest BCUT2D eigenvalue weighted by molar-refractivity contribution is 5.95. The van der Waals surface area contributed by atoms with Crippen molar-refractivity contribution in [3.63, 3.8) is 0 Å². The van der Waals surface area contributed by atoms with Gasteiger partial charge in [0.05, 0.1) is 6.42 Å². The minimum Gasteiger partial charge on any atom is -0.481 e. The number of hydrogen-bond acceptors (Lipinski definition) is 9. The van der Waals surface area contributed by atoms with Crippen LogP contribution >= 0.6 is 0 Å². The molecule has 2 aliphatic heterocycles. The second-order valence-corrected chi connectivity index (χ2v) is 15.3. The molecule has 5 atom stereocenters. The Balaban J connectivity index is 1.58. The highest BCUT2D eigenvalue weighted by atomic mass is 16.7. The summed E-state index contributed by atoms with van der Waals surface area (Å²) >= 11 is 0. The molecule has 2 saturated heterocycles. The number of carboxylic acids is 1. The maximum atomic E-state index is 13.5. The Labute approximate surface area is 301 Å². The molecule has 0 bridgehead atoms. The van der Waals surface area contributed by atoms with Gasteiger partial charge in [-0.3, -0.25) is 28.8 Å². The first-order valence-corrected chi connectivity index (χ1v) is 17.9. The molecule has 1 unspecified atom stereocenters. The molecule has 0 aliphatic carbocycles. The molecule has 4 amide bonds. The number of carbonyl (C=O) groups excluding carboxylic acids is 5. The molecule has 2 aliphatic rings. The van der Waals surface area contributed by atoms with Crippen molar-refractivity contribution in [2.45, 2.75) is 149 Å². The van der Waals surface area contributed by atoms with Gasteiger partial charge in [0.25, 0.3) is 0 Å². The summed E-state index contributed by atoms with van der Waals surface area (Å²) in [6, 6.07) is 3.26. The highest BCUT2D eigenvalue weighted by Crippen LogP contribution is 2.40. The minimum absolute atomic E-state index is 0.107. The number of rotatable bonds is 15. The summed E-state index contributed by atoms with van der Waals surface area (Å²) in [5, 5.41) is 18.6. The van der Waals surface area contributed by atoms with Gasteiger partial charge in [0.15, 0.2) is 0 Å². The number of piperidine rings is 1. The smallest absolute Gasteiger partial charge is 0.334 e. The monoisotopic (exact) mass is 715 g/mol. The third-order valence-corrected chi connectivity index (χ3v) is 9.63. The van der Waals surface area contributed by atoms with Crippen LogP contribution in [0.15, 0.2) is 24.3 Å². The Kier molecular flexibility index (Phi) is 14.2. The predicted molar refractivity (Wildman–Crippen MR) is 189 cm³/mol. The lowest BCUT2D eigenvalue weighted by atomic mass is 9.82. The lowest BCUT2D eigenvalue weighted by molar-refractivity contribution is -0.304. The van der Waals surface area contributed by atoms with Crippen molar-refractivity contribution in [2.24, 2.45) is 5.92 Å². The van der Waals surface area contributed by atoms with Crippen LogP contribution in [0.4, 0.5) is 0 Å². The summed E-state index contributed by atoms with van der Waals surface area (Å²) in [4.78, 5) is 83.3. The number of hydrogen-bond donors (Lipinski definition) is 4. The fourth-order valence-electron chi connectivity index (χ4n) is 6.77. The van der Waals surface area contributed by atoms with E-state index >= 15 is 0 Å². The van der Waals surface area contributed by atoms with Crippen LogP contribution in [0.2, 0.25) is 0 Å². The van der Waals surface area contributed by atoms with Crippen LogP contribution in [0.25, 0.3) is 0 Å². The Hall–Kier alpha value is -4.04. The van der Waals surface area contributed by atoms with Crippen molar-refractivity contribution in [1.29, 1.82) is 0 Å². The summed E-state index contributed by atoms with van der Waals surface area (Å²) in [7, 11) is 0. The lowest BCUT2D eigenvalue weighted by Crippen LogP contribution is -2.58. The van der Waals surface area contributed by atoms with Gasteiger partial charge < -0.3 is 30.7 Å². The molecule has 0 saturated carbocycles. The summed E-state index contributed by atoms with van der Waals surface area (Å²) in [5.41, 5.74) is 0.710. The Morgan fingerprint density at radius 1 is 0.843 bits per heavy atom. The van der Waals surface area contributed by atoms with E-state index in [2.05, 4.69) is 48.7 Å². The van der Waals surface area contributed by atoms with Crippen LogP contribution in [-0.4, -0.2) is 92.4 Å². The number of carboxylic acid groups (broad SMARTS) is 1. The number of nitrogens with one attached hydrogen (secondary N) is 3. The second kappa shape index (κ2) is 17.5. The average Bonchev–Trinajstić information content (AvgIpc) is 3.54. The van der Waals surface area contributed by atoms with E-state index in [4.69, 9.17) is 14.7 Å². The first-order valence-electron chi connectivity index (χ1n) is 17.9. The largest absolute Gasteiger partial charge is 0.481 e. The van der Waals surface area contributed by atoms with Gasteiger partial charge in [-0.15, -0.1) is 0 Å². The topological polar surface area (TPSA) is 184 Å². The normalized spacial score (nSPS) is 20.8. The van der Waals surface area contributed by atoms with Gasteiger partial charge in [0.2, 0.25) is 23.6 Å². The zero-order chi connectivity index (χ0) is 38.3. The van der Waals surface area contributed by atoms with Crippen molar-refractivity contribution < 1.29 is 43.4 Å². The van der Waals surface area contributed by atoms with Gasteiger partial charge in [-0.25, -0.2) is 4.79 Å². The average molecular weight is 716 g/mol. The highest BCUT2D eigenvalue weighted by Gasteiger charge is 2.43. The number of esters is 1. The molecule has 4 N–H and O–H groups in total. The van der Waals surface area contributed by atoms with Crippen LogP contribution in [0, 0.1) is 5.92 Å². The van der Waals surface area contributed by atoms with Crippen molar-refractivity contribution in [3.05, 3.63) is 29.8 Å². The molecule has 0 radical (unpaired) electrons. The fourth-order valence-corrected chi connectivity index (χ4v) is 6.77. The summed E-state index contributed by atoms with van der Waals surface area (Å²) in [6.07, 6.45) is 3.27. The van der Waals surface area contributed by atoms with Gasteiger partial charge >= 0.3 is 11.9 Å². The number of ether oxygens (including phenoxy) is 1. The molecule has 2 fully saturated rings. The Morgan fingerprint density at radius 3 is 2.02 bits per heavy atom. The molecule has 14 heteroatoms. The van der Waals surface area contributed by atoms with Crippen LogP contribution < -0.4 is 20.7 Å². The zero-order valence-corrected chi connectivity index (χ0v) is 31.5. The lowest BCUT2D eigenvalue weighted by Gasteiger charge is -2.52. The van der Waals surface area contributed by atoms with Crippen LogP contribution in [-0.2, 0) is 33.6 Å². The standard InChI is InChI=1S/C37H57N5O9/c1-22(2)31(35(49)50-27-15-13-26(14-16-27)25(5)51-42-36(6,7)19-11-20-37(42,8)9)40-33(47)28-12-10-21-41(28)34(48)24(4)39-32(46)23(3)38-29(43)17-18-30(44)45/h13-16,22-25,28,31H,10-12,17-21H2,1-9H3,(H,38,43)(H,39,46)(H,40,47)(H,44,45)/t23-,24-,25?,28-,31-/m0/s1. The molecule has 0 aromatic heterocycles. The first kappa shape index (κ1) is 41.4. The Bertz CT molecular complexity index is 1410. The van der Waals surface area contributed by atoms with E-state index in [1.165, 1.54) is 18.7 Å². The van der Waals surface area contributed by atoms with E-state index in [1.54, 1.807) is 26.0 Å². The van der Waals surface area contributed by atoms with Gasteiger partial charge in [-0.2, -0.15) is 5.06 Å². The van der Waals surface area contributed by atoms with Gasteiger partial charge in [0, 0.05) is 24.0 Å². The molecular weight excluding hydrogens is 658 g/mol. The van der Waals surface area contributed by atoms with E-state index in [0.29, 0.717) is 18.6 Å². The number of carbonyl (C=O) groups is 6. The van der Waals surface area contributed by atoms with Crippen molar-refractivity contribution >= 4 is 35.6 Å². The second-order valence-electron chi connectivity index (χ2n) is 15.3. The maximum absolute atomic E-state index is 13.5. The van der Waals surface area contributed by atoms with Crippen LogP contribution in [0.1, 0.15) is 119 Å². The summed E-state index contributed by atoms with van der Waals surface area (Å²) < 4.78 is 5.69. The Morgan fingerprint density at radius 2 is 1.45 bits per heavy atom. The van der Waals surface area contributed by atoms with E-state index in [-0.39, 0.29) is 42.5 Å². The third kappa shape index (κ3) is 11.2. The number of amides is 4. The molecule has 1 aromatic carbocycles. The van der Waals surface area contributed by atoms with E-state index in [1.807, 2.05) is 19.1 Å². The quantitative estimate of drug-likeness (QED) is 0.155. The molecule has 14 nitrogen and oxygen atoms in total. The number of aliphatic carboxylic acids is 1. The number of benzene rings is 1. The molecular formula is C37H57N5O9. The van der Waals surface area contributed by atoms with Crippen molar-refractivity contribution in [3.8, 4) is 5.75 Å². The fraction of sp³-hybridized carbons (Fsp3) is 0.676. The third-order valence-electron chi connectivity index (χ3n) is 9.63. The van der Waals surface area contributed by atoms with Gasteiger partial charge in [0.1, 0.15) is 36.0 Å².